The van der Waals surface area contributed by atoms with Crippen LogP contribution in [0.1, 0.15) is 29.8 Å². The van der Waals surface area contributed by atoms with E-state index in [9.17, 15) is 22.8 Å². The van der Waals surface area contributed by atoms with E-state index in [0.29, 0.717) is 0 Å². The lowest BCUT2D eigenvalue weighted by molar-refractivity contribution is -0.169. The van der Waals surface area contributed by atoms with Crippen LogP contribution >= 0.6 is 0 Å². The van der Waals surface area contributed by atoms with Crippen LogP contribution in [0.2, 0.25) is 0 Å². The summed E-state index contributed by atoms with van der Waals surface area (Å²) >= 11 is 0. The number of aromatic carboxylic acids is 1. The van der Waals surface area contributed by atoms with E-state index in [2.05, 4.69) is 4.99 Å². The molecule has 20 heavy (non-hydrogen) atoms. The second-order valence-corrected chi connectivity index (χ2v) is 3.18. The second-order valence-electron chi connectivity index (χ2n) is 3.18. The second kappa shape index (κ2) is 7.27. The molecule has 0 unspecified atom stereocenters. The Morgan fingerprint density at radius 3 is 1.85 bits per heavy atom. The Hall–Kier alpha value is -2.38. The van der Waals surface area contributed by atoms with Crippen LogP contribution in [0.4, 0.5) is 13.2 Å². The van der Waals surface area contributed by atoms with Gasteiger partial charge in [-0.25, -0.2) is 4.79 Å². The van der Waals surface area contributed by atoms with Crippen LogP contribution in [0.25, 0.3) is 0 Å². The van der Waals surface area contributed by atoms with Crippen molar-refractivity contribution in [3.8, 4) is 0 Å². The first-order chi connectivity index (χ1) is 9.21. The standard InChI is InChI=1S/C10H7F3N2O3.C2H6/c11-10(12,13)9(18)15-7(14)5-1-3-6(4-2-5)8(16)17;1-2/h1-4H,(H,16,17)(H2,14,15,18);1-2H3. The third-order valence-electron chi connectivity index (χ3n) is 1.89. The summed E-state index contributed by atoms with van der Waals surface area (Å²) in [5.41, 5.74) is 5.16. The van der Waals surface area contributed by atoms with Gasteiger partial charge < -0.3 is 10.8 Å². The molecule has 0 fully saturated rings. The lowest BCUT2D eigenvalue weighted by Crippen LogP contribution is -2.25. The van der Waals surface area contributed by atoms with Crippen LogP contribution in [0.3, 0.4) is 0 Å². The third-order valence-corrected chi connectivity index (χ3v) is 1.89. The Labute approximate surface area is 112 Å². The molecule has 3 N–H and O–H groups in total. The Morgan fingerprint density at radius 2 is 1.50 bits per heavy atom. The number of carbonyl (C=O) groups is 2. The Balaban J connectivity index is 0.00000172. The number of carboxylic acids is 1. The maximum atomic E-state index is 11.9. The molecule has 0 saturated carbocycles. The number of benzene rings is 1. The van der Waals surface area contributed by atoms with Gasteiger partial charge in [-0.15, -0.1) is 0 Å². The van der Waals surface area contributed by atoms with Gasteiger partial charge >= 0.3 is 18.1 Å². The van der Waals surface area contributed by atoms with Crippen molar-refractivity contribution in [1.82, 2.24) is 0 Å². The van der Waals surface area contributed by atoms with Crippen LogP contribution in [0, 0.1) is 0 Å². The number of amides is 1. The van der Waals surface area contributed by atoms with E-state index < -0.39 is 23.9 Å². The van der Waals surface area contributed by atoms with Crippen LogP contribution in [-0.2, 0) is 4.79 Å². The van der Waals surface area contributed by atoms with Crippen molar-refractivity contribution in [2.24, 2.45) is 10.7 Å². The molecular formula is C12H13F3N2O3. The van der Waals surface area contributed by atoms with E-state index in [-0.39, 0.29) is 11.1 Å². The Morgan fingerprint density at radius 1 is 1.10 bits per heavy atom. The average Bonchev–Trinajstić information content (AvgIpc) is 2.40. The van der Waals surface area contributed by atoms with E-state index in [0.717, 1.165) is 24.3 Å². The lowest BCUT2D eigenvalue weighted by atomic mass is 10.1. The first-order valence-corrected chi connectivity index (χ1v) is 5.51. The minimum absolute atomic E-state index is 0.0256. The topological polar surface area (TPSA) is 92.8 Å². The van der Waals surface area contributed by atoms with Gasteiger partial charge in [-0.05, 0) is 12.1 Å². The van der Waals surface area contributed by atoms with Crippen molar-refractivity contribution in [3.63, 3.8) is 0 Å². The SMILES string of the molecule is CC.NC(=NC(=O)C(F)(F)F)c1ccc(C(=O)O)cc1. The number of amidine groups is 1. The maximum absolute atomic E-state index is 11.9. The normalized spacial score (nSPS) is 11.3. The van der Waals surface area contributed by atoms with Crippen molar-refractivity contribution in [1.29, 1.82) is 0 Å². The van der Waals surface area contributed by atoms with Gasteiger partial charge in [-0.3, -0.25) is 4.79 Å². The molecule has 1 amide bonds. The zero-order valence-electron chi connectivity index (χ0n) is 10.7. The number of nitrogens with zero attached hydrogens (tertiary/aromatic N) is 1. The molecule has 0 aliphatic rings. The first kappa shape index (κ1) is 17.6. The Kier molecular flexibility index (Phi) is 6.40. The molecule has 0 aromatic heterocycles. The minimum atomic E-state index is -5.09. The van der Waals surface area contributed by atoms with Gasteiger partial charge in [-0.2, -0.15) is 18.2 Å². The minimum Gasteiger partial charge on any atom is -0.478 e. The number of nitrogens with two attached hydrogens (primary N) is 1. The van der Waals surface area contributed by atoms with Gasteiger partial charge in [0.15, 0.2) is 0 Å². The van der Waals surface area contributed by atoms with Crippen LogP contribution in [-0.4, -0.2) is 29.0 Å². The molecule has 0 heterocycles. The van der Waals surface area contributed by atoms with Crippen LogP contribution in [0.5, 0.6) is 0 Å². The van der Waals surface area contributed by atoms with Gasteiger partial charge in [0, 0.05) is 5.56 Å². The molecule has 1 aromatic rings. The molecule has 1 aromatic carbocycles. The number of hydrogen-bond acceptors (Lipinski definition) is 2. The predicted octanol–water partition coefficient (Wildman–Crippen LogP) is 2.21. The van der Waals surface area contributed by atoms with Gasteiger partial charge in [-0.1, -0.05) is 26.0 Å². The van der Waals surface area contributed by atoms with Crippen molar-refractivity contribution >= 4 is 17.7 Å². The molecule has 0 spiro atoms. The predicted molar refractivity (Wildman–Crippen MR) is 66.5 cm³/mol. The highest BCUT2D eigenvalue weighted by molar-refractivity contribution is 6.05. The van der Waals surface area contributed by atoms with Gasteiger partial charge in [0.25, 0.3) is 0 Å². The fraction of sp³-hybridized carbons (Fsp3) is 0.250. The molecule has 0 radical (unpaired) electrons. The summed E-state index contributed by atoms with van der Waals surface area (Å²) in [6.45, 7) is 4.00. The molecule has 1 rings (SSSR count). The smallest absolute Gasteiger partial charge is 0.473 e. The van der Waals surface area contributed by atoms with Crippen LogP contribution in [0.15, 0.2) is 29.3 Å². The molecule has 0 bridgehead atoms. The fourth-order valence-electron chi connectivity index (χ4n) is 1.02. The molecule has 0 aliphatic carbocycles. The summed E-state index contributed by atoms with van der Waals surface area (Å²) < 4.78 is 35.7. The largest absolute Gasteiger partial charge is 0.478 e. The van der Waals surface area contributed by atoms with Crippen molar-refractivity contribution in [3.05, 3.63) is 35.4 Å². The van der Waals surface area contributed by atoms with Gasteiger partial charge in [0.05, 0.1) is 5.56 Å². The summed E-state index contributed by atoms with van der Waals surface area (Å²) in [6.07, 6.45) is -5.09. The fourth-order valence-corrected chi connectivity index (χ4v) is 1.02. The number of carbonyl (C=O) groups excluding carboxylic acids is 1. The molecule has 0 atom stereocenters. The Bertz CT molecular complexity index is 508. The molecule has 0 saturated heterocycles. The van der Waals surface area contributed by atoms with Crippen molar-refractivity contribution < 1.29 is 27.9 Å². The average molecular weight is 290 g/mol. The van der Waals surface area contributed by atoms with Gasteiger partial charge in [0.1, 0.15) is 5.84 Å². The van der Waals surface area contributed by atoms with Crippen molar-refractivity contribution in [2.75, 3.05) is 0 Å². The van der Waals surface area contributed by atoms with E-state index in [1.54, 1.807) is 0 Å². The molecule has 8 heteroatoms. The lowest BCUT2D eigenvalue weighted by Gasteiger charge is -2.03. The summed E-state index contributed by atoms with van der Waals surface area (Å²) in [6, 6.07) is 4.59. The summed E-state index contributed by atoms with van der Waals surface area (Å²) in [7, 11) is 0. The highest BCUT2D eigenvalue weighted by Gasteiger charge is 2.38. The maximum Gasteiger partial charge on any atom is 0.473 e. The van der Waals surface area contributed by atoms with E-state index in [4.69, 9.17) is 10.8 Å². The highest BCUT2D eigenvalue weighted by Crippen LogP contribution is 2.16. The number of aliphatic imine (C=N–C) groups is 1. The summed E-state index contributed by atoms with van der Waals surface area (Å²) in [5.74, 6) is -4.14. The first-order valence-electron chi connectivity index (χ1n) is 5.51. The molecular weight excluding hydrogens is 277 g/mol. The number of rotatable bonds is 2. The zero-order valence-corrected chi connectivity index (χ0v) is 10.7. The molecule has 5 nitrogen and oxygen atoms in total. The van der Waals surface area contributed by atoms with E-state index in [1.807, 2.05) is 13.8 Å². The quantitative estimate of drug-likeness (QED) is 0.645. The van der Waals surface area contributed by atoms with Gasteiger partial charge in [0.2, 0.25) is 0 Å². The summed E-state index contributed by atoms with van der Waals surface area (Å²) in [5, 5.41) is 8.60. The molecule has 0 aliphatic heterocycles. The zero-order chi connectivity index (χ0) is 15.9. The number of alkyl halides is 3. The molecule has 110 valence electrons. The highest BCUT2D eigenvalue weighted by atomic mass is 19.4. The summed E-state index contributed by atoms with van der Waals surface area (Å²) in [4.78, 5) is 23.7. The number of halogens is 3. The number of hydrogen-bond donors (Lipinski definition) is 2. The van der Waals surface area contributed by atoms with E-state index >= 15 is 0 Å². The van der Waals surface area contributed by atoms with E-state index in [1.165, 1.54) is 0 Å². The monoisotopic (exact) mass is 290 g/mol. The number of carboxylic acid groups (broad SMARTS) is 1. The van der Waals surface area contributed by atoms with Crippen LogP contribution < -0.4 is 5.73 Å². The third kappa shape index (κ3) is 5.09. The van der Waals surface area contributed by atoms with Crippen molar-refractivity contribution in [2.45, 2.75) is 20.0 Å².